The summed E-state index contributed by atoms with van der Waals surface area (Å²) in [6.45, 7) is 0.474. The van der Waals surface area contributed by atoms with Gasteiger partial charge in [-0.05, 0) is 28.8 Å². The Bertz CT molecular complexity index is 324. The van der Waals surface area contributed by atoms with E-state index in [4.69, 9.17) is 16.3 Å². The van der Waals surface area contributed by atoms with Crippen LogP contribution in [-0.4, -0.2) is 23.3 Å². The first-order valence-electron chi connectivity index (χ1n) is 3.87. The van der Waals surface area contributed by atoms with E-state index in [-0.39, 0.29) is 0 Å². The quantitative estimate of drug-likeness (QED) is 0.621. The Kier molecular flexibility index (Phi) is 5.43. The highest BCUT2D eigenvalue weighted by Gasteiger charge is 2.09. The Hall–Kier alpha value is 0.410. The molecule has 6 heteroatoms. The molecule has 0 atom stereocenters. The second-order valence-corrected chi connectivity index (χ2v) is 4.86. The Balaban J connectivity index is 3.01. The van der Waals surface area contributed by atoms with Crippen molar-refractivity contribution in [2.75, 3.05) is 13.4 Å². The number of rotatable bonds is 4. The zero-order valence-corrected chi connectivity index (χ0v) is 11.6. The maximum Gasteiger partial charge on any atom is 0.146 e. The average molecular weight is 345 g/mol. The van der Waals surface area contributed by atoms with Crippen LogP contribution in [0, 0.1) is 3.57 Å². The van der Waals surface area contributed by atoms with Gasteiger partial charge in [0.1, 0.15) is 11.0 Å². The Morgan fingerprint density at radius 2 is 2.21 bits per heavy atom. The SMILES string of the molecule is COCc1nc(CSC)nc(Cl)c1I. The third-order valence-electron chi connectivity index (χ3n) is 1.48. The van der Waals surface area contributed by atoms with Crippen LogP contribution in [0.25, 0.3) is 0 Å². The number of methoxy groups -OCH3 is 1. The number of ether oxygens (including phenoxy) is 1. The first-order valence-corrected chi connectivity index (χ1v) is 6.72. The molecule has 0 aliphatic heterocycles. The maximum absolute atomic E-state index is 5.97. The molecule has 0 saturated carbocycles. The van der Waals surface area contributed by atoms with Gasteiger partial charge in [0.05, 0.1) is 21.6 Å². The Labute approximate surface area is 106 Å². The van der Waals surface area contributed by atoms with Crippen molar-refractivity contribution in [2.24, 2.45) is 0 Å². The molecule has 0 radical (unpaired) electrons. The molecule has 0 aliphatic rings. The molecular formula is C8H10ClIN2OS. The molecule has 78 valence electrons. The van der Waals surface area contributed by atoms with E-state index in [1.165, 1.54) is 0 Å². The van der Waals surface area contributed by atoms with Gasteiger partial charge in [-0.15, -0.1) is 0 Å². The van der Waals surface area contributed by atoms with Gasteiger partial charge in [-0.1, -0.05) is 11.6 Å². The molecule has 1 heterocycles. The van der Waals surface area contributed by atoms with Crippen LogP contribution in [0.2, 0.25) is 5.15 Å². The lowest BCUT2D eigenvalue weighted by Crippen LogP contribution is -2.03. The van der Waals surface area contributed by atoms with Crippen molar-refractivity contribution in [3.05, 3.63) is 20.2 Å². The Morgan fingerprint density at radius 1 is 1.50 bits per heavy atom. The summed E-state index contributed by atoms with van der Waals surface area (Å²) in [5.74, 6) is 1.53. The standard InChI is InChI=1S/C8H10ClIN2OS/c1-13-3-5-7(10)8(9)12-6(11-5)4-14-2/h3-4H2,1-2H3. The molecule has 0 fully saturated rings. The van der Waals surface area contributed by atoms with Gasteiger partial charge in [-0.2, -0.15) is 11.8 Å². The van der Waals surface area contributed by atoms with Gasteiger partial charge in [0.2, 0.25) is 0 Å². The van der Waals surface area contributed by atoms with Crippen LogP contribution in [-0.2, 0) is 17.1 Å². The third-order valence-corrected chi connectivity index (χ3v) is 3.75. The van der Waals surface area contributed by atoms with Gasteiger partial charge in [-0.25, -0.2) is 9.97 Å². The zero-order valence-electron chi connectivity index (χ0n) is 7.88. The van der Waals surface area contributed by atoms with Crippen LogP contribution in [0.4, 0.5) is 0 Å². The third kappa shape index (κ3) is 3.22. The normalized spacial score (nSPS) is 10.6. The summed E-state index contributed by atoms with van der Waals surface area (Å²) < 4.78 is 5.91. The molecule has 14 heavy (non-hydrogen) atoms. The summed E-state index contributed by atoms with van der Waals surface area (Å²) in [4.78, 5) is 8.54. The summed E-state index contributed by atoms with van der Waals surface area (Å²) in [6.07, 6.45) is 2.01. The van der Waals surface area contributed by atoms with Crippen molar-refractivity contribution in [3.8, 4) is 0 Å². The molecule has 0 unspecified atom stereocenters. The van der Waals surface area contributed by atoms with E-state index in [2.05, 4.69) is 32.6 Å². The summed E-state index contributed by atoms with van der Waals surface area (Å²) in [6, 6.07) is 0. The van der Waals surface area contributed by atoms with E-state index < -0.39 is 0 Å². The summed E-state index contributed by atoms with van der Waals surface area (Å²) in [5.41, 5.74) is 0.858. The van der Waals surface area contributed by atoms with Crippen molar-refractivity contribution >= 4 is 46.0 Å². The molecule has 0 spiro atoms. The second-order valence-electron chi connectivity index (χ2n) is 2.56. The van der Waals surface area contributed by atoms with Gasteiger partial charge in [0.15, 0.2) is 0 Å². The highest BCUT2D eigenvalue weighted by molar-refractivity contribution is 14.1. The lowest BCUT2D eigenvalue weighted by atomic mass is 10.4. The minimum atomic E-state index is 0.474. The van der Waals surface area contributed by atoms with Gasteiger partial charge >= 0.3 is 0 Å². The number of hydrogen-bond acceptors (Lipinski definition) is 4. The number of thioether (sulfide) groups is 1. The molecule has 1 aromatic heterocycles. The molecule has 0 aromatic carbocycles. The van der Waals surface area contributed by atoms with Crippen LogP contribution in [0.5, 0.6) is 0 Å². The molecule has 0 bridgehead atoms. The lowest BCUT2D eigenvalue weighted by molar-refractivity contribution is 0.180. The number of hydrogen-bond donors (Lipinski definition) is 0. The molecule has 3 nitrogen and oxygen atoms in total. The molecular weight excluding hydrogens is 335 g/mol. The van der Waals surface area contributed by atoms with E-state index in [1.807, 2.05) is 6.26 Å². The highest BCUT2D eigenvalue weighted by atomic mass is 127. The minimum absolute atomic E-state index is 0.474. The smallest absolute Gasteiger partial charge is 0.146 e. The van der Waals surface area contributed by atoms with Crippen LogP contribution in [0.1, 0.15) is 11.5 Å². The maximum atomic E-state index is 5.97. The monoisotopic (exact) mass is 344 g/mol. The number of nitrogens with zero attached hydrogens (tertiary/aromatic N) is 2. The summed E-state index contributed by atoms with van der Waals surface area (Å²) >= 11 is 9.77. The fraction of sp³-hybridized carbons (Fsp3) is 0.500. The average Bonchev–Trinajstić information content (AvgIpc) is 2.14. The van der Waals surface area contributed by atoms with Crippen LogP contribution in [0.15, 0.2) is 0 Å². The Morgan fingerprint density at radius 3 is 2.79 bits per heavy atom. The minimum Gasteiger partial charge on any atom is -0.378 e. The van der Waals surface area contributed by atoms with Gasteiger partial charge in [-0.3, -0.25) is 0 Å². The highest BCUT2D eigenvalue weighted by Crippen LogP contribution is 2.20. The molecule has 1 rings (SSSR count). The van der Waals surface area contributed by atoms with Crippen LogP contribution >= 0.6 is 46.0 Å². The topological polar surface area (TPSA) is 35.0 Å². The largest absolute Gasteiger partial charge is 0.378 e. The van der Waals surface area contributed by atoms with E-state index in [1.54, 1.807) is 18.9 Å². The van der Waals surface area contributed by atoms with E-state index in [9.17, 15) is 0 Å². The first kappa shape index (κ1) is 12.5. The zero-order chi connectivity index (χ0) is 10.6. The molecule has 0 amide bonds. The summed E-state index contributed by atoms with van der Waals surface area (Å²) in [7, 11) is 1.64. The van der Waals surface area contributed by atoms with Gasteiger partial charge in [0, 0.05) is 7.11 Å². The fourth-order valence-electron chi connectivity index (χ4n) is 0.937. The molecule has 0 saturated heterocycles. The summed E-state index contributed by atoms with van der Waals surface area (Å²) in [5, 5.41) is 0.511. The number of halogens is 2. The van der Waals surface area contributed by atoms with Gasteiger partial charge < -0.3 is 4.74 Å². The first-order chi connectivity index (χ1) is 6.69. The van der Waals surface area contributed by atoms with Crippen molar-refractivity contribution < 1.29 is 4.74 Å². The van der Waals surface area contributed by atoms with Crippen molar-refractivity contribution in [1.82, 2.24) is 9.97 Å². The van der Waals surface area contributed by atoms with Crippen LogP contribution < -0.4 is 0 Å². The van der Waals surface area contributed by atoms with E-state index in [0.29, 0.717) is 11.8 Å². The predicted molar refractivity (Wildman–Crippen MR) is 67.7 cm³/mol. The molecule has 0 N–H and O–H groups in total. The van der Waals surface area contributed by atoms with Gasteiger partial charge in [0.25, 0.3) is 0 Å². The number of aromatic nitrogens is 2. The van der Waals surface area contributed by atoms with Crippen molar-refractivity contribution in [3.63, 3.8) is 0 Å². The lowest BCUT2D eigenvalue weighted by Gasteiger charge is -2.06. The van der Waals surface area contributed by atoms with E-state index >= 15 is 0 Å². The second kappa shape index (κ2) is 6.09. The van der Waals surface area contributed by atoms with Crippen LogP contribution in [0.3, 0.4) is 0 Å². The van der Waals surface area contributed by atoms with Crippen molar-refractivity contribution in [1.29, 1.82) is 0 Å². The van der Waals surface area contributed by atoms with Crippen molar-refractivity contribution in [2.45, 2.75) is 12.4 Å². The van der Waals surface area contributed by atoms with E-state index in [0.717, 1.165) is 20.8 Å². The predicted octanol–water partition coefficient (Wildman–Crippen LogP) is 2.74. The fourth-order valence-corrected chi connectivity index (χ4v) is 1.93. The molecule has 0 aliphatic carbocycles. The molecule has 1 aromatic rings.